The number of ether oxygens (including phenoxy) is 2. The topological polar surface area (TPSA) is 59.6 Å². The standard InChI is InChI=1S/C13H20N2O3/c1-17-10-12(18-2)9-15-13(16)14-8-11-6-4-3-5-7-11/h3-7,12H,8-10H2,1-2H3,(H2,14,15,16). The lowest BCUT2D eigenvalue weighted by molar-refractivity contribution is 0.0304. The summed E-state index contributed by atoms with van der Waals surface area (Å²) in [7, 11) is 3.19. The van der Waals surface area contributed by atoms with E-state index in [-0.39, 0.29) is 12.1 Å². The van der Waals surface area contributed by atoms with E-state index in [1.54, 1.807) is 14.2 Å². The molecule has 1 rings (SSSR count). The minimum absolute atomic E-state index is 0.127. The average Bonchev–Trinajstić information content (AvgIpc) is 2.42. The van der Waals surface area contributed by atoms with Crippen molar-refractivity contribution in [2.24, 2.45) is 0 Å². The van der Waals surface area contributed by atoms with E-state index in [1.165, 1.54) is 0 Å². The molecule has 5 heteroatoms. The Hall–Kier alpha value is -1.59. The minimum Gasteiger partial charge on any atom is -0.382 e. The van der Waals surface area contributed by atoms with Gasteiger partial charge in [-0.25, -0.2) is 4.79 Å². The van der Waals surface area contributed by atoms with Gasteiger partial charge in [0.2, 0.25) is 0 Å². The highest BCUT2D eigenvalue weighted by atomic mass is 16.5. The minimum atomic E-state index is -0.211. The van der Waals surface area contributed by atoms with Crippen molar-refractivity contribution >= 4 is 6.03 Å². The molecule has 0 aliphatic rings. The molecule has 0 aliphatic heterocycles. The summed E-state index contributed by atoms with van der Waals surface area (Å²) in [6.07, 6.45) is -0.127. The van der Waals surface area contributed by atoms with Crippen LogP contribution in [0.3, 0.4) is 0 Å². The number of nitrogens with one attached hydrogen (secondary N) is 2. The van der Waals surface area contributed by atoms with Crippen LogP contribution in [-0.4, -0.2) is 39.5 Å². The van der Waals surface area contributed by atoms with Crippen LogP contribution in [0.15, 0.2) is 30.3 Å². The average molecular weight is 252 g/mol. The highest BCUT2D eigenvalue weighted by molar-refractivity contribution is 5.73. The lowest BCUT2D eigenvalue weighted by atomic mass is 10.2. The van der Waals surface area contributed by atoms with Crippen LogP contribution in [0.2, 0.25) is 0 Å². The smallest absolute Gasteiger partial charge is 0.315 e. The van der Waals surface area contributed by atoms with Gasteiger partial charge in [-0.15, -0.1) is 0 Å². The molecule has 5 nitrogen and oxygen atoms in total. The summed E-state index contributed by atoms with van der Waals surface area (Å²) < 4.78 is 10.1. The Morgan fingerprint density at radius 2 is 1.94 bits per heavy atom. The predicted octanol–water partition coefficient (Wildman–Crippen LogP) is 1.15. The quantitative estimate of drug-likeness (QED) is 0.765. The zero-order valence-corrected chi connectivity index (χ0v) is 10.8. The molecule has 0 aliphatic carbocycles. The van der Waals surface area contributed by atoms with Gasteiger partial charge in [-0.3, -0.25) is 0 Å². The summed E-state index contributed by atoms with van der Waals surface area (Å²) in [5.41, 5.74) is 1.06. The molecule has 0 radical (unpaired) electrons. The van der Waals surface area contributed by atoms with Gasteiger partial charge in [-0.05, 0) is 5.56 Å². The van der Waals surface area contributed by atoms with Gasteiger partial charge in [0.05, 0.1) is 12.7 Å². The Balaban J connectivity index is 2.21. The summed E-state index contributed by atoms with van der Waals surface area (Å²) in [6, 6.07) is 9.53. The zero-order chi connectivity index (χ0) is 13.2. The fourth-order valence-electron chi connectivity index (χ4n) is 1.44. The van der Waals surface area contributed by atoms with Crippen molar-refractivity contribution < 1.29 is 14.3 Å². The number of hydrogen-bond donors (Lipinski definition) is 2. The third kappa shape index (κ3) is 5.65. The second-order valence-electron chi connectivity index (χ2n) is 3.86. The van der Waals surface area contributed by atoms with E-state index < -0.39 is 0 Å². The third-order valence-electron chi connectivity index (χ3n) is 2.47. The van der Waals surface area contributed by atoms with Crippen molar-refractivity contribution in [3.05, 3.63) is 35.9 Å². The molecule has 1 aromatic carbocycles. The van der Waals surface area contributed by atoms with E-state index in [4.69, 9.17) is 9.47 Å². The first-order valence-electron chi connectivity index (χ1n) is 5.83. The normalized spacial score (nSPS) is 11.9. The molecule has 18 heavy (non-hydrogen) atoms. The van der Waals surface area contributed by atoms with E-state index in [2.05, 4.69) is 10.6 Å². The number of amides is 2. The Morgan fingerprint density at radius 3 is 2.56 bits per heavy atom. The maximum atomic E-state index is 11.5. The molecule has 0 spiro atoms. The third-order valence-corrected chi connectivity index (χ3v) is 2.47. The first-order valence-corrected chi connectivity index (χ1v) is 5.83. The number of hydrogen-bond acceptors (Lipinski definition) is 3. The summed E-state index contributed by atoms with van der Waals surface area (Å²) in [5.74, 6) is 0. The van der Waals surface area contributed by atoms with Gasteiger partial charge in [-0.1, -0.05) is 30.3 Å². The summed E-state index contributed by atoms with van der Waals surface area (Å²) in [4.78, 5) is 11.5. The Labute approximate surface area is 107 Å². The lowest BCUT2D eigenvalue weighted by Gasteiger charge is -2.15. The van der Waals surface area contributed by atoms with Crippen LogP contribution in [0, 0.1) is 0 Å². The van der Waals surface area contributed by atoms with Crippen LogP contribution in [0.5, 0.6) is 0 Å². The van der Waals surface area contributed by atoms with E-state index in [9.17, 15) is 4.79 Å². The van der Waals surface area contributed by atoms with E-state index >= 15 is 0 Å². The first kappa shape index (κ1) is 14.5. The molecule has 0 bridgehead atoms. The molecule has 100 valence electrons. The van der Waals surface area contributed by atoms with Gasteiger partial charge in [-0.2, -0.15) is 0 Å². The van der Waals surface area contributed by atoms with Gasteiger partial charge >= 0.3 is 6.03 Å². The Morgan fingerprint density at radius 1 is 1.22 bits per heavy atom. The van der Waals surface area contributed by atoms with Crippen molar-refractivity contribution in [2.45, 2.75) is 12.6 Å². The van der Waals surface area contributed by atoms with Crippen molar-refractivity contribution in [1.82, 2.24) is 10.6 Å². The van der Waals surface area contributed by atoms with Crippen molar-refractivity contribution in [3.8, 4) is 0 Å². The number of rotatable bonds is 7. The van der Waals surface area contributed by atoms with Crippen LogP contribution < -0.4 is 10.6 Å². The molecule has 0 fully saturated rings. The Kier molecular flexibility index (Phi) is 6.83. The van der Waals surface area contributed by atoms with E-state index in [1.807, 2.05) is 30.3 Å². The molecule has 0 heterocycles. The lowest BCUT2D eigenvalue weighted by Crippen LogP contribution is -2.41. The second-order valence-corrected chi connectivity index (χ2v) is 3.86. The summed E-state index contributed by atoms with van der Waals surface area (Å²) in [6.45, 7) is 1.38. The van der Waals surface area contributed by atoms with Crippen LogP contribution >= 0.6 is 0 Å². The summed E-state index contributed by atoms with van der Waals surface area (Å²) >= 11 is 0. The molecular formula is C13H20N2O3. The maximum absolute atomic E-state index is 11.5. The molecular weight excluding hydrogens is 232 g/mol. The SMILES string of the molecule is COCC(CNC(=O)NCc1ccccc1)OC. The van der Waals surface area contributed by atoms with E-state index in [0.29, 0.717) is 19.7 Å². The van der Waals surface area contributed by atoms with Crippen LogP contribution in [0.25, 0.3) is 0 Å². The molecule has 0 saturated heterocycles. The van der Waals surface area contributed by atoms with Crippen LogP contribution in [0.4, 0.5) is 4.79 Å². The van der Waals surface area contributed by atoms with Gasteiger partial charge in [0, 0.05) is 27.3 Å². The molecule has 1 aromatic rings. The van der Waals surface area contributed by atoms with Crippen LogP contribution in [-0.2, 0) is 16.0 Å². The highest BCUT2D eigenvalue weighted by Crippen LogP contribution is 1.96. The zero-order valence-electron chi connectivity index (χ0n) is 10.8. The number of methoxy groups -OCH3 is 2. The van der Waals surface area contributed by atoms with Crippen molar-refractivity contribution in [1.29, 1.82) is 0 Å². The van der Waals surface area contributed by atoms with Gasteiger partial charge in [0.15, 0.2) is 0 Å². The number of urea groups is 1. The first-order chi connectivity index (χ1) is 8.76. The number of carbonyl (C=O) groups excluding carboxylic acids is 1. The monoisotopic (exact) mass is 252 g/mol. The number of carbonyl (C=O) groups is 1. The molecule has 0 aromatic heterocycles. The summed E-state index contributed by atoms with van der Waals surface area (Å²) in [5, 5.41) is 5.51. The number of benzene rings is 1. The fourth-order valence-corrected chi connectivity index (χ4v) is 1.44. The van der Waals surface area contributed by atoms with E-state index in [0.717, 1.165) is 5.56 Å². The van der Waals surface area contributed by atoms with Crippen molar-refractivity contribution in [3.63, 3.8) is 0 Å². The molecule has 1 unspecified atom stereocenters. The molecule has 1 atom stereocenters. The molecule has 2 N–H and O–H groups in total. The molecule has 0 saturated carbocycles. The highest BCUT2D eigenvalue weighted by Gasteiger charge is 2.08. The van der Waals surface area contributed by atoms with Crippen LogP contribution in [0.1, 0.15) is 5.56 Å². The largest absolute Gasteiger partial charge is 0.382 e. The fraction of sp³-hybridized carbons (Fsp3) is 0.462. The predicted molar refractivity (Wildman–Crippen MR) is 69.4 cm³/mol. The van der Waals surface area contributed by atoms with Gasteiger partial charge < -0.3 is 20.1 Å². The maximum Gasteiger partial charge on any atom is 0.315 e. The Bertz CT molecular complexity index is 343. The second kappa shape index (κ2) is 8.49. The van der Waals surface area contributed by atoms with Crippen molar-refractivity contribution in [2.75, 3.05) is 27.4 Å². The van der Waals surface area contributed by atoms with Gasteiger partial charge in [0.1, 0.15) is 0 Å². The molecule has 2 amide bonds. The van der Waals surface area contributed by atoms with Gasteiger partial charge in [0.25, 0.3) is 0 Å².